The average Bonchev–Trinajstić information content (AvgIpc) is 2.07. The van der Waals surface area contributed by atoms with Crippen LogP contribution in [0, 0.1) is 5.41 Å². The van der Waals surface area contributed by atoms with Gasteiger partial charge in [-0.25, -0.2) is 0 Å². The molecule has 0 radical (unpaired) electrons. The van der Waals surface area contributed by atoms with E-state index < -0.39 is 0 Å². The molecule has 1 nitrogen and oxygen atoms in total. The van der Waals surface area contributed by atoms with Crippen molar-refractivity contribution in [3.05, 3.63) is 0 Å². The lowest BCUT2D eigenvalue weighted by Crippen LogP contribution is -2.34. The summed E-state index contributed by atoms with van der Waals surface area (Å²) in [6.45, 7) is 15.4. The second-order valence-corrected chi connectivity index (χ2v) is 5.54. The van der Waals surface area contributed by atoms with Gasteiger partial charge in [-0.1, -0.05) is 47.5 Å². The van der Waals surface area contributed by atoms with Crippen LogP contribution in [0.1, 0.15) is 60.3 Å². The van der Waals surface area contributed by atoms with E-state index in [4.69, 9.17) is 0 Å². The number of unbranched alkanes of at least 4 members (excludes halogenated alkanes) is 2. The summed E-state index contributed by atoms with van der Waals surface area (Å²) in [5, 5.41) is 0. The predicted molar refractivity (Wildman–Crippen MR) is 65.7 cm³/mol. The van der Waals surface area contributed by atoms with Gasteiger partial charge in [0.15, 0.2) is 0 Å². The summed E-state index contributed by atoms with van der Waals surface area (Å²) in [5.41, 5.74) is 0.446. The van der Waals surface area contributed by atoms with Gasteiger partial charge in [0.2, 0.25) is 0 Å². The first-order valence-corrected chi connectivity index (χ1v) is 6.22. The monoisotopic (exact) mass is 199 g/mol. The number of hydrogen-bond acceptors (Lipinski definition) is 1. The molecule has 86 valence electrons. The Hall–Kier alpha value is -0.0400. The lowest BCUT2D eigenvalue weighted by atomic mass is 9.96. The zero-order chi connectivity index (χ0) is 11.0. The molecular weight excluding hydrogens is 170 g/mol. The van der Waals surface area contributed by atoms with Crippen LogP contribution in [-0.4, -0.2) is 24.5 Å². The topological polar surface area (TPSA) is 3.24 Å². The molecule has 0 saturated carbocycles. The molecule has 0 aliphatic heterocycles. The van der Waals surface area contributed by atoms with Crippen molar-refractivity contribution in [1.29, 1.82) is 0 Å². The molecule has 0 aliphatic rings. The zero-order valence-electron chi connectivity index (χ0n) is 10.9. The van der Waals surface area contributed by atoms with Crippen molar-refractivity contribution in [3.63, 3.8) is 0 Å². The van der Waals surface area contributed by atoms with E-state index in [0.29, 0.717) is 5.41 Å². The van der Waals surface area contributed by atoms with Crippen LogP contribution in [0.5, 0.6) is 0 Å². The molecule has 0 rings (SSSR count). The first-order valence-electron chi connectivity index (χ1n) is 6.22. The van der Waals surface area contributed by atoms with Crippen molar-refractivity contribution in [2.24, 2.45) is 5.41 Å². The van der Waals surface area contributed by atoms with Gasteiger partial charge in [-0.05, 0) is 31.3 Å². The minimum absolute atomic E-state index is 0.446. The summed E-state index contributed by atoms with van der Waals surface area (Å²) in [5.74, 6) is 0. The maximum Gasteiger partial charge on any atom is 0.00300 e. The van der Waals surface area contributed by atoms with E-state index in [0.717, 1.165) is 0 Å². The van der Waals surface area contributed by atoms with Crippen LogP contribution in [0.4, 0.5) is 0 Å². The van der Waals surface area contributed by atoms with E-state index in [1.165, 1.54) is 45.3 Å². The Bertz CT molecular complexity index is 116. The Morgan fingerprint density at radius 1 is 0.857 bits per heavy atom. The lowest BCUT2D eigenvalue weighted by Gasteiger charge is -2.29. The van der Waals surface area contributed by atoms with Gasteiger partial charge < -0.3 is 4.90 Å². The van der Waals surface area contributed by atoms with Crippen LogP contribution in [0.3, 0.4) is 0 Å². The highest BCUT2D eigenvalue weighted by Gasteiger charge is 2.15. The SMILES string of the molecule is CCCCN(CCCC)CC(C)(C)C. The van der Waals surface area contributed by atoms with Crippen LogP contribution >= 0.6 is 0 Å². The largest absolute Gasteiger partial charge is 0.303 e. The molecule has 0 aliphatic carbocycles. The van der Waals surface area contributed by atoms with E-state index >= 15 is 0 Å². The molecule has 0 heterocycles. The van der Waals surface area contributed by atoms with E-state index in [1.807, 2.05) is 0 Å². The van der Waals surface area contributed by atoms with Crippen molar-refractivity contribution in [2.75, 3.05) is 19.6 Å². The van der Waals surface area contributed by atoms with E-state index in [-0.39, 0.29) is 0 Å². The highest BCUT2D eigenvalue weighted by molar-refractivity contribution is 4.69. The van der Waals surface area contributed by atoms with Gasteiger partial charge in [-0.2, -0.15) is 0 Å². The Morgan fingerprint density at radius 2 is 1.29 bits per heavy atom. The Kier molecular flexibility index (Phi) is 7.26. The molecule has 0 fully saturated rings. The van der Waals surface area contributed by atoms with Crippen LogP contribution in [0.25, 0.3) is 0 Å². The molecule has 0 spiro atoms. The van der Waals surface area contributed by atoms with Gasteiger partial charge in [0.25, 0.3) is 0 Å². The number of rotatable bonds is 7. The van der Waals surface area contributed by atoms with Gasteiger partial charge >= 0.3 is 0 Å². The average molecular weight is 199 g/mol. The number of hydrogen-bond donors (Lipinski definition) is 0. The molecule has 0 aromatic rings. The maximum absolute atomic E-state index is 2.63. The summed E-state index contributed by atoms with van der Waals surface area (Å²) in [4.78, 5) is 2.63. The summed E-state index contributed by atoms with van der Waals surface area (Å²) < 4.78 is 0. The molecule has 0 unspecified atom stereocenters. The van der Waals surface area contributed by atoms with Crippen molar-refractivity contribution < 1.29 is 0 Å². The maximum atomic E-state index is 2.63. The Morgan fingerprint density at radius 3 is 1.57 bits per heavy atom. The predicted octanol–water partition coefficient (Wildman–Crippen LogP) is 3.93. The van der Waals surface area contributed by atoms with E-state index in [1.54, 1.807) is 0 Å². The van der Waals surface area contributed by atoms with Gasteiger partial charge in [-0.15, -0.1) is 0 Å². The van der Waals surface area contributed by atoms with Crippen molar-refractivity contribution in [1.82, 2.24) is 4.90 Å². The second kappa shape index (κ2) is 7.28. The molecule has 0 saturated heterocycles. The van der Waals surface area contributed by atoms with Gasteiger partial charge in [0, 0.05) is 6.54 Å². The minimum Gasteiger partial charge on any atom is -0.303 e. The normalized spacial score (nSPS) is 12.4. The quantitative estimate of drug-likeness (QED) is 0.600. The van der Waals surface area contributed by atoms with Gasteiger partial charge in [0.1, 0.15) is 0 Å². The van der Waals surface area contributed by atoms with Crippen LogP contribution in [0.15, 0.2) is 0 Å². The third-order valence-electron chi connectivity index (χ3n) is 2.35. The fourth-order valence-electron chi connectivity index (χ4n) is 1.70. The summed E-state index contributed by atoms with van der Waals surface area (Å²) in [7, 11) is 0. The van der Waals surface area contributed by atoms with Crippen molar-refractivity contribution in [2.45, 2.75) is 60.3 Å². The van der Waals surface area contributed by atoms with Crippen molar-refractivity contribution >= 4 is 0 Å². The first kappa shape index (κ1) is 14.0. The lowest BCUT2D eigenvalue weighted by molar-refractivity contribution is 0.186. The van der Waals surface area contributed by atoms with Gasteiger partial charge in [-0.3, -0.25) is 0 Å². The highest BCUT2D eigenvalue weighted by atomic mass is 15.1. The number of nitrogens with zero attached hydrogens (tertiary/aromatic N) is 1. The Labute approximate surface area is 90.9 Å². The molecule has 0 aromatic heterocycles. The Balaban J connectivity index is 3.84. The molecule has 0 atom stereocenters. The zero-order valence-corrected chi connectivity index (χ0v) is 10.9. The molecule has 1 heteroatoms. The smallest absolute Gasteiger partial charge is 0.00300 e. The summed E-state index contributed by atoms with van der Waals surface area (Å²) >= 11 is 0. The van der Waals surface area contributed by atoms with Gasteiger partial charge in [0.05, 0.1) is 0 Å². The second-order valence-electron chi connectivity index (χ2n) is 5.54. The fourth-order valence-corrected chi connectivity index (χ4v) is 1.70. The molecule has 0 aromatic carbocycles. The van der Waals surface area contributed by atoms with Crippen LogP contribution < -0.4 is 0 Å². The van der Waals surface area contributed by atoms with Crippen LogP contribution in [0.2, 0.25) is 0 Å². The summed E-state index contributed by atoms with van der Waals surface area (Å²) in [6, 6.07) is 0. The molecule has 0 N–H and O–H groups in total. The third kappa shape index (κ3) is 8.55. The first-order chi connectivity index (χ1) is 6.49. The van der Waals surface area contributed by atoms with E-state index in [2.05, 4.69) is 39.5 Å². The van der Waals surface area contributed by atoms with Crippen molar-refractivity contribution in [3.8, 4) is 0 Å². The highest BCUT2D eigenvalue weighted by Crippen LogP contribution is 2.16. The molecular formula is C13H29N. The minimum atomic E-state index is 0.446. The van der Waals surface area contributed by atoms with Crippen LogP contribution in [-0.2, 0) is 0 Å². The molecule has 0 bridgehead atoms. The fraction of sp³-hybridized carbons (Fsp3) is 1.00. The van der Waals surface area contributed by atoms with E-state index in [9.17, 15) is 0 Å². The summed E-state index contributed by atoms with van der Waals surface area (Å²) in [6.07, 6.45) is 5.32. The molecule has 0 amide bonds. The molecule has 14 heavy (non-hydrogen) atoms. The standard InChI is InChI=1S/C13H29N/c1-6-8-10-14(11-9-7-2)12-13(3,4)5/h6-12H2,1-5H3. The third-order valence-corrected chi connectivity index (χ3v) is 2.35.